The Morgan fingerprint density at radius 1 is 0.862 bits per heavy atom. The molecule has 1 aromatic heterocycles. The van der Waals surface area contributed by atoms with Crippen molar-refractivity contribution in [2.75, 3.05) is 6.54 Å². The van der Waals surface area contributed by atoms with Crippen LogP contribution in [0.25, 0.3) is 11.4 Å². The van der Waals surface area contributed by atoms with Crippen molar-refractivity contribution in [3.05, 3.63) is 66.2 Å². The third kappa shape index (κ3) is 5.96. The van der Waals surface area contributed by atoms with E-state index in [-0.39, 0.29) is 25.4 Å². The van der Waals surface area contributed by atoms with Crippen LogP contribution in [0.15, 0.2) is 60.7 Å². The van der Waals surface area contributed by atoms with Gasteiger partial charge in [0.2, 0.25) is 11.7 Å². The fraction of sp³-hybridized carbons (Fsp3) is 0.158. The molecule has 0 aliphatic carbocycles. The Bertz CT molecular complexity index is 974. The highest BCUT2D eigenvalue weighted by Gasteiger charge is 2.10. The van der Waals surface area contributed by atoms with Gasteiger partial charge >= 0.3 is 0 Å². The average molecular weight is 393 g/mol. The van der Waals surface area contributed by atoms with Crippen LogP contribution in [0, 0.1) is 0 Å². The van der Waals surface area contributed by atoms with E-state index in [2.05, 4.69) is 31.6 Å². The molecule has 0 radical (unpaired) electrons. The van der Waals surface area contributed by atoms with Crippen LogP contribution in [0.5, 0.6) is 0 Å². The van der Waals surface area contributed by atoms with Crippen molar-refractivity contribution < 1.29 is 14.4 Å². The molecule has 10 nitrogen and oxygen atoms in total. The third-order valence-corrected chi connectivity index (χ3v) is 3.78. The van der Waals surface area contributed by atoms with Crippen molar-refractivity contribution in [1.82, 2.24) is 36.4 Å². The van der Waals surface area contributed by atoms with E-state index in [0.717, 1.165) is 10.4 Å². The minimum absolute atomic E-state index is 0.0125. The van der Waals surface area contributed by atoms with Gasteiger partial charge in [-0.3, -0.25) is 25.2 Å². The maximum atomic E-state index is 11.9. The number of nitrogens with zero attached hydrogens (tertiary/aromatic N) is 4. The van der Waals surface area contributed by atoms with E-state index in [1.807, 2.05) is 36.4 Å². The van der Waals surface area contributed by atoms with Crippen molar-refractivity contribution in [2.24, 2.45) is 0 Å². The molecule has 3 amide bonds. The normalized spacial score (nSPS) is 10.2. The van der Waals surface area contributed by atoms with Crippen LogP contribution >= 0.6 is 0 Å². The molecule has 0 saturated carbocycles. The molecule has 3 aromatic rings. The molecule has 10 heteroatoms. The number of nitrogens with one attached hydrogen (secondary N) is 3. The lowest BCUT2D eigenvalue weighted by molar-refractivity contribution is -0.129. The number of aromatic nitrogens is 4. The smallest absolute Gasteiger partial charge is 0.262 e. The van der Waals surface area contributed by atoms with Crippen LogP contribution in [0.1, 0.15) is 16.8 Å². The van der Waals surface area contributed by atoms with Crippen LogP contribution in [0.2, 0.25) is 0 Å². The van der Waals surface area contributed by atoms with Gasteiger partial charge in [-0.15, -0.1) is 10.2 Å². The summed E-state index contributed by atoms with van der Waals surface area (Å²) in [6.07, 6.45) is 0.0125. The first-order valence-corrected chi connectivity index (χ1v) is 8.86. The van der Waals surface area contributed by atoms with Crippen LogP contribution in [0.3, 0.4) is 0 Å². The molecular formula is C19H19N7O3. The van der Waals surface area contributed by atoms with Crippen LogP contribution < -0.4 is 16.2 Å². The Morgan fingerprint density at radius 3 is 2.24 bits per heavy atom. The third-order valence-electron chi connectivity index (χ3n) is 3.78. The zero-order valence-corrected chi connectivity index (χ0v) is 15.4. The predicted octanol–water partition coefficient (Wildman–Crippen LogP) is 0.308. The first kappa shape index (κ1) is 19.7. The number of amides is 3. The zero-order valence-electron chi connectivity index (χ0n) is 15.4. The van der Waals surface area contributed by atoms with Gasteiger partial charge in [0.05, 0.1) is 0 Å². The standard InChI is InChI=1S/C19H19N7O3/c27-16(11-12-20-19(29)15-9-5-2-6-10-15)21-22-17(28)13-26-24-18(23-25-26)14-7-3-1-4-8-14/h1-10H,11-13H2,(H,20,29)(H,21,27)(H,22,28). The molecule has 0 aliphatic rings. The number of hydrogen-bond acceptors (Lipinski definition) is 6. The summed E-state index contributed by atoms with van der Waals surface area (Å²) in [4.78, 5) is 36.7. The van der Waals surface area contributed by atoms with Gasteiger partial charge in [-0.2, -0.15) is 4.80 Å². The van der Waals surface area contributed by atoms with Crippen molar-refractivity contribution in [3.63, 3.8) is 0 Å². The van der Waals surface area contributed by atoms with Gasteiger partial charge in [0.1, 0.15) is 6.54 Å². The maximum absolute atomic E-state index is 11.9. The lowest BCUT2D eigenvalue weighted by Gasteiger charge is -2.08. The molecule has 0 saturated heterocycles. The van der Waals surface area contributed by atoms with Gasteiger partial charge in [0.25, 0.3) is 11.8 Å². The molecule has 0 bridgehead atoms. The van der Waals surface area contributed by atoms with Crippen molar-refractivity contribution in [1.29, 1.82) is 0 Å². The minimum atomic E-state index is -0.510. The number of hydrogen-bond donors (Lipinski definition) is 3. The molecule has 0 fully saturated rings. The average Bonchev–Trinajstić information content (AvgIpc) is 3.22. The van der Waals surface area contributed by atoms with Gasteiger partial charge in [0.15, 0.2) is 0 Å². The van der Waals surface area contributed by atoms with E-state index in [9.17, 15) is 14.4 Å². The Kier molecular flexibility index (Phi) is 6.61. The van der Waals surface area contributed by atoms with Crippen LogP contribution in [-0.4, -0.2) is 44.5 Å². The quantitative estimate of drug-likeness (QED) is 0.495. The van der Waals surface area contributed by atoms with Gasteiger partial charge in [0, 0.05) is 24.1 Å². The lowest BCUT2D eigenvalue weighted by Crippen LogP contribution is -2.44. The molecule has 0 atom stereocenters. The highest BCUT2D eigenvalue weighted by molar-refractivity contribution is 5.94. The largest absolute Gasteiger partial charge is 0.352 e. The molecule has 3 N–H and O–H groups in total. The number of rotatable bonds is 7. The van der Waals surface area contributed by atoms with E-state index < -0.39 is 11.8 Å². The topological polar surface area (TPSA) is 131 Å². The summed E-state index contributed by atoms with van der Waals surface area (Å²) in [6.45, 7) is -0.0641. The Morgan fingerprint density at radius 2 is 1.52 bits per heavy atom. The van der Waals surface area contributed by atoms with Crippen molar-refractivity contribution in [3.8, 4) is 11.4 Å². The first-order valence-electron chi connectivity index (χ1n) is 8.86. The number of hydrazine groups is 1. The van der Waals surface area contributed by atoms with Gasteiger partial charge in [-0.25, -0.2) is 0 Å². The van der Waals surface area contributed by atoms with Gasteiger partial charge < -0.3 is 5.32 Å². The Labute approximate surface area is 166 Å². The minimum Gasteiger partial charge on any atom is -0.352 e. The summed E-state index contributed by atoms with van der Waals surface area (Å²) in [7, 11) is 0. The molecule has 2 aromatic carbocycles. The van der Waals surface area contributed by atoms with E-state index in [0.29, 0.717) is 11.4 Å². The van der Waals surface area contributed by atoms with Crippen molar-refractivity contribution >= 4 is 17.7 Å². The SMILES string of the molecule is O=C(CCNC(=O)c1ccccc1)NNC(=O)Cn1nnc(-c2ccccc2)n1. The Balaban J connectivity index is 1.36. The molecular weight excluding hydrogens is 374 g/mol. The maximum Gasteiger partial charge on any atom is 0.262 e. The van der Waals surface area contributed by atoms with E-state index in [1.54, 1.807) is 24.3 Å². The summed E-state index contributed by atoms with van der Waals surface area (Å²) in [5.41, 5.74) is 5.84. The van der Waals surface area contributed by atoms with Crippen LogP contribution in [-0.2, 0) is 16.1 Å². The number of tetrazole rings is 1. The zero-order chi connectivity index (χ0) is 20.5. The fourth-order valence-electron chi connectivity index (χ4n) is 2.36. The molecule has 0 spiro atoms. The number of carbonyl (C=O) groups excluding carboxylic acids is 3. The molecule has 3 rings (SSSR count). The van der Waals surface area contributed by atoms with E-state index >= 15 is 0 Å². The first-order chi connectivity index (χ1) is 14.1. The molecule has 0 aliphatic heterocycles. The summed E-state index contributed by atoms with van der Waals surface area (Å²) < 4.78 is 0. The van der Waals surface area contributed by atoms with Gasteiger partial charge in [-0.05, 0) is 17.3 Å². The second kappa shape index (κ2) is 9.74. The van der Waals surface area contributed by atoms with E-state index in [1.165, 1.54) is 0 Å². The molecule has 0 unspecified atom stereocenters. The number of benzene rings is 2. The fourth-order valence-corrected chi connectivity index (χ4v) is 2.36. The summed E-state index contributed by atoms with van der Waals surface area (Å²) >= 11 is 0. The highest BCUT2D eigenvalue weighted by atomic mass is 16.2. The summed E-state index contributed by atoms with van der Waals surface area (Å²) in [6, 6.07) is 17.9. The predicted molar refractivity (Wildman–Crippen MR) is 103 cm³/mol. The highest BCUT2D eigenvalue weighted by Crippen LogP contribution is 2.11. The van der Waals surface area contributed by atoms with Crippen molar-refractivity contribution in [2.45, 2.75) is 13.0 Å². The monoisotopic (exact) mass is 393 g/mol. The summed E-state index contributed by atoms with van der Waals surface area (Å²) in [5.74, 6) is -0.822. The Hall–Kier alpha value is -4.08. The van der Waals surface area contributed by atoms with Crippen LogP contribution in [0.4, 0.5) is 0 Å². The van der Waals surface area contributed by atoms with E-state index in [4.69, 9.17) is 0 Å². The van der Waals surface area contributed by atoms with Gasteiger partial charge in [-0.1, -0.05) is 48.5 Å². The molecule has 148 valence electrons. The number of carbonyl (C=O) groups is 3. The molecule has 29 heavy (non-hydrogen) atoms. The second-order valence-electron chi connectivity index (χ2n) is 5.98. The lowest BCUT2D eigenvalue weighted by atomic mass is 10.2. The molecule has 1 heterocycles. The summed E-state index contributed by atoms with van der Waals surface area (Å²) in [5, 5.41) is 14.5. The second-order valence-corrected chi connectivity index (χ2v) is 5.98.